The number of sulfonamides is 1. The van der Waals surface area contributed by atoms with Gasteiger partial charge in [0, 0.05) is 57.8 Å². The van der Waals surface area contributed by atoms with Crippen molar-refractivity contribution in [1.29, 1.82) is 0 Å². The van der Waals surface area contributed by atoms with Gasteiger partial charge in [0.25, 0.3) is 0 Å². The third kappa shape index (κ3) is 4.88. The van der Waals surface area contributed by atoms with Gasteiger partial charge in [0.15, 0.2) is 5.58 Å². The lowest BCUT2D eigenvalue weighted by molar-refractivity contribution is -0.134. The van der Waals surface area contributed by atoms with Crippen LogP contribution in [0.4, 0.5) is 0 Å². The van der Waals surface area contributed by atoms with Crippen molar-refractivity contribution in [3.8, 4) is 0 Å². The summed E-state index contributed by atoms with van der Waals surface area (Å²) in [5.41, 5.74) is 0.865. The summed E-state index contributed by atoms with van der Waals surface area (Å²) in [4.78, 5) is 29.2. The van der Waals surface area contributed by atoms with Crippen LogP contribution in [0, 0.1) is 5.92 Å². The highest BCUT2D eigenvalue weighted by molar-refractivity contribution is 7.89. The molecule has 33 heavy (non-hydrogen) atoms. The molecule has 1 aromatic carbocycles. The second-order valence-electron chi connectivity index (χ2n) is 9.33. The highest BCUT2D eigenvalue weighted by atomic mass is 32.2. The molecule has 0 bridgehead atoms. The standard InChI is InChI=1S/C23H34N4O5S/c1-4-24-11-13-25(14-12-24)22(28)15-18-7-9-26(10-8-18)33(30,31)19-5-6-20-21(16-19)32-23(29)27(20)17(2)3/h5-6,16-18H,4,7-15H2,1-3H3. The average Bonchev–Trinajstić information content (AvgIpc) is 3.14. The lowest BCUT2D eigenvalue weighted by Crippen LogP contribution is -2.49. The zero-order valence-electron chi connectivity index (χ0n) is 19.7. The van der Waals surface area contributed by atoms with E-state index in [4.69, 9.17) is 4.42 Å². The Hall–Kier alpha value is -2.17. The maximum Gasteiger partial charge on any atom is 0.420 e. The molecule has 0 spiro atoms. The molecule has 1 amide bonds. The third-order valence-corrected chi connectivity index (χ3v) is 8.84. The lowest BCUT2D eigenvalue weighted by Gasteiger charge is -2.36. The molecule has 10 heteroatoms. The molecule has 3 heterocycles. The first-order valence-corrected chi connectivity index (χ1v) is 13.3. The summed E-state index contributed by atoms with van der Waals surface area (Å²) in [7, 11) is -3.70. The van der Waals surface area contributed by atoms with Crippen LogP contribution in [0.3, 0.4) is 0 Å². The summed E-state index contributed by atoms with van der Waals surface area (Å²) in [5.74, 6) is -0.105. The van der Waals surface area contributed by atoms with Crippen molar-refractivity contribution in [3.05, 3.63) is 28.7 Å². The van der Waals surface area contributed by atoms with Crippen molar-refractivity contribution in [1.82, 2.24) is 18.7 Å². The van der Waals surface area contributed by atoms with E-state index in [9.17, 15) is 18.0 Å². The van der Waals surface area contributed by atoms with E-state index in [1.54, 1.807) is 6.07 Å². The molecule has 9 nitrogen and oxygen atoms in total. The molecule has 2 saturated heterocycles. The van der Waals surface area contributed by atoms with E-state index < -0.39 is 15.8 Å². The number of piperidine rings is 1. The summed E-state index contributed by atoms with van der Waals surface area (Å²) in [6.45, 7) is 11.1. The smallest absolute Gasteiger partial charge is 0.408 e. The molecule has 0 N–H and O–H groups in total. The predicted molar refractivity (Wildman–Crippen MR) is 126 cm³/mol. The van der Waals surface area contributed by atoms with E-state index in [1.165, 1.54) is 21.0 Å². The molecule has 0 atom stereocenters. The Labute approximate surface area is 195 Å². The van der Waals surface area contributed by atoms with E-state index in [0.717, 1.165) is 32.7 Å². The van der Waals surface area contributed by atoms with Gasteiger partial charge in [-0.25, -0.2) is 13.2 Å². The Balaban J connectivity index is 1.38. The van der Waals surface area contributed by atoms with E-state index >= 15 is 0 Å². The van der Waals surface area contributed by atoms with Crippen LogP contribution in [-0.4, -0.2) is 78.8 Å². The maximum atomic E-state index is 13.2. The van der Waals surface area contributed by atoms with Gasteiger partial charge < -0.3 is 14.2 Å². The molecule has 0 unspecified atom stereocenters. The Kier molecular flexibility index (Phi) is 6.97. The molecule has 182 valence electrons. The number of fused-ring (bicyclic) bond motifs is 1. The van der Waals surface area contributed by atoms with Crippen LogP contribution in [0.25, 0.3) is 11.1 Å². The third-order valence-electron chi connectivity index (χ3n) is 6.95. The van der Waals surface area contributed by atoms with Crippen LogP contribution < -0.4 is 5.76 Å². The van der Waals surface area contributed by atoms with Crippen molar-refractivity contribution in [2.24, 2.45) is 5.92 Å². The number of hydrogen-bond donors (Lipinski definition) is 0. The number of aromatic nitrogens is 1. The first kappa shape index (κ1) is 24.0. The second-order valence-corrected chi connectivity index (χ2v) is 11.3. The SMILES string of the molecule is CCN1CCN(C(=O)CC2CCN(S(=O)(=O)c3ccc4c(c3)oc(=O)n4C(C)C)CC2)CC1. The van der Waals surface area contributed by atoms with Gasteiger partial charge in [-0.1, -0.05) is 6.92 Å². The number of benzene rings is 1. The van der Waals surface area contributed by atoms with Crippen molar-refractivity contribution in [3.63, 3.8) is 0 Å². The lowest BCUT2D eigenvalue weighted by atomic mass is 9.94. The molecule has 4 rings (SSSR count). The fraction of sp³-hybridized carbons (Fsp3) is 0.652. The largest absolute Gasteiger partial charge is 0.420 e. The van der Waals surface area contributed by atoms with Gasteiger partial charge in [0.2, 0.25) is 15.9 Å². The van der Waals surface area contributed by atoms with E-state index in [2.05, 4.69) is 11.8 Å². The van der Waals surface area contributed by atoms with Gasteiger partial charge in [-0.3, -0.25) is 9.36 Å². The van der Waals surface area contributed by atoms with E-state index in [-0.39, 0.29) is 28.3 Å². The zero-order chi connectivity index (χ0) is 23.8. The predicted octanol–water partition coefficient (Wildman–Crippen LogP) is 2.13. The monoisotopic (exact) mass is 478 g/mol. The van der Waals surface area contributed by atoms with Crippen LogP contribution in [0.5, 0.6) is 0 Å². The highest BCUT2D eigenvalue weighted by Crippen LogP contribution is 2.28. The molecule has 2 aliphatic rings. The highest BCUT2D eigenvalue weighted by Gasteiger charge is 2.32. The molecule has 2 fully saturated rings. The number of likely N-dealkylation sites (N-methyl/N-ethyl adjacent to an activating group) is 1. The van der Waals surface area contributed by atoms with Crippen LogP contribution in [-0.2, 0) is 14.8 Å². The first-order chi connectivity index (χ1) is 15.7. The second kappa shape index (κ2) is 9.60. The number of amides is 1. The molecular formula is C23H34N4O5S. The van der Waals surface area contributed by atoms with Crippen LogP contribution in [0.15, 0.2) is 32.3 Å². The van der Waals surface area contributed by atoms with Crippen molar-refractivity contribution in [2.45, 2.75) is 51.0 Å². The molecular weight excluding hydrogens is 444 g/mol. The quantitative estimate of drug-likeness (QED) is 0.631. The number of carbonyl (C=O) groups is 1. The number of piperazine rings is 1. The number of rotatable bonds is 6. The Morgan fingerprint density at radius 2 is 1.76 bits per heavy atom. The minimum absolute atomic E-state index is 0.0848. The molecule has 2 aliphatic heterocycles. The number of nitrogens with zero attached hydrogens (tertiary/aromatic N) is 4. The van der Waals surface area contributed by atoms with Crippen LogP contribution in [0.2, 0.25) is 0 Å². The molecule has 2 aromatic rings. The first-order valence-electron chi connectivity index (χ1n) is 11.9. The Morgan fingerprint density at radius 1 is 1.09 bits per heavy atom. The summed E-state index contributed by atoms with van der Waals surface area (Å²) in [6, 6.07) is 4.53. The fourth-order valence-corrected chi connectivity index (χ4v) is 6.34. The van der Waals surface area contributed by atoms with Gasteiger partial charge in [0.05, 0.1) is 10.4 Å². The minimum Gasteiger partial charge on any atom is -0.408 e. The summed E-state index contributed by atoms with van der Waals surface area (Å²) >= 11 is 0. The van der Waals surface area contributed by atoms with Gasteiger partial charge in [-0.15, -0.1) is 0 Å². The minimum atomic E-state index is -3.70. The van der Waals surface area contributed by atoms with Crippen molar-refractivity contribution in [2.75, 3.05) is 45.8 Å². The van der Waals surface area contributed by atoms with Gasteiger partial charge in [-0.05, 0) is 51.3 Å². The summed E-state index contributed by atoms with van der Waals surface area (Å²) in [6.07, 6.45) is 1.82. The van der Waals surface area contributed by atoms with Gasteiger partial charge >= 0.3 is 5.76 Å². The maximum absolute atomic E-state index is 13.2. The molecule has 1 aromatic heterocycles. The molecule has 0 radical (unpaired) electrons. The van der Waals surface area contributed by atoms with Crippen molar-refractivity contribution >= 4 is 27.0 Å². The Bertz CT molecular complexity index is 1150. The zero-order valence-corrected chi connectivity index (χ0v) is 20.5. The average molecular weight is 479 g/mol. The van der Waals surface area contributed by atoms with Crippen LogP contribution >= 0.6 is 0 Å². The normalized spacial score (nSPS) is 19.6. The topological polar surface area (TPSA) is 96.1 Å². The number of carbonyl (C=O) groups excluding carboxylic acids is 1. The molecule has 0 saturated carbocycles. The molecule has 0 aliphatic carbocycles. The number of hydrogen-bond acceptors (Lipinski definition) is 6. The summed E-state index contributed by atoms with van der Waals surface area (Å²) < 4.78 is 34.7. The number of oxazole rings is 1. The fourth-order valence-electron chi connectivity index (χ4n) is 4.86. The van der Waals surface area contributed by atoms with E-state index in [0.29, 0.717) is 37.9 Å². The van der Waals surface area contributed by atoms with Crippen molar-refractivity contribution < 1.29 is 17.6 Å². The van der Waals surface area contributed by atoms with E-state index in [1.807, 2.05) is 18.7 Å². The van der Waals surface area contributed by atoms with Gasteiger partial charge in [0.1, 0.15) is 0 Å². The summed E-state index contributed by atoms with van der Waals surface area (Å²) in [5, 5.41) is 0. The van der Waals surface area contributed by atoms with Crippen LogP contribution in [0.1, 0.15) is 46.1 Å². The Morgan fingerprint density at radius 3 is 2.36 bits per heavy atom. The van der Waals surface area contributed by atoms with Gasteiger partial charge in [-0.2, -0.15) is 4.31 Å².